The highest BCUT2D eigenvalue weighted by Crippen LogP contribution is 2.36. The van der Waals surface area contributed by atoms with Crippen LogP contribution in [0.15, 0.2) is 49.2 Å². The number of aromatic nitrogens is 5. The maximum absolute atomic E-state index is 13.6. The van der Waals surface area contributed by atoms with Crippen LogP contribution in [0.4, 0.5) is 24.8 Å². The molecule has 0 aliphatic heterocycles. The molecule has 0 unspecified atom stereocenters. The number of nitrogens with one attached hydrogen (secondary N) is 1. The molecule has 3 aromatic heterocycles. The molecule has 188 valence electrons. The molecule has 1 saturated carbocycles. The van der Waals surface area contributed by atoms with Gasteiger partial charge in [0.2, 0.25) is 5.95 Å². The second kappa shape index (κ2) is 9.29. The lowest BCUT2D eigenvalue weighted by Crippen LogP contribution is -2.29. The Bertz CT molecular complexity index is 1390. The first-order chi connectivity index (χ1) is 17.2. The maximum atomic E-state index is 13.6. The molecular weight excluding hydrogens is 471 g/mol. The van der Waals surface area contributed by atoms with Gasteiger partial charge in [0.25, 0.3) is 5.91 Å². The number of benzene rings is 1. The molecule has 0 saturated heterocycles. The van der Waals surface area contributed by atoms with Gasteiger partial charge in [0.1, 0.15) is 11.3 Å². The topological polar surface area (TPSA) is 80.9 Å². The number of fused-ring (bicyclic) bond motifs is 1. The monoisotopic (exact) mass is 497 g/mol. The number of imidazole rings is 1. The summed E-state index contributed by atoms with van der Waals surface area (Å²) < 4.78 is 44.3. The molecule has 1 aliphatic carbocycles. The number of carbonyl (C=O) groups excluding carboxylic acids is 1. The van der Waals surface area contributed by atoms with E-state index >= 15 is 0 Å². The van der Waals surface area contributed by atoms with E-state index in [-0.39, 0.29) is 23.6 Å². The van der Waals surface area contributed by atoms with Gasteiger partial charge in [-0.3, -0.25) is 4.79 Å². The minimum atomic E-state index is -4.53. The van der Waals surface area contributed by atoms with E-state index in [1.165, 1.54) is 17.1 Å². The van der Waals surface area contributed by atoms with E-state index < -0.39 is 11.7 Å². The molecular formula is C25H26F3N7O. The summed E-state index contributed by atoms with van der Waals surface area (Å²) in [6.45, 7) is 2.48. The second-order valence-electron chi connectivity index (χ2n) is 8.99. The number of rotatable bonds is 6. The zero-order valence-corrected chi connectivity index (χ0v) is 20.0. The van der Waals surface area contributed by atoms with Gasteiger partial charge in [0.05, 0.1) is 11.9 Å². The molecule has 0 spiro atoms. The molecule has 1 N–H and O–H groups in total. The predicted octanol–water partition coefficient (Wildman–Crippen LogP) is 5.59. The highest BCUT2D eigenvalue weighted by atomic mass is 19.4. The number of hydrogen-bond donors (Lipinski definition) is 1. The quantitative estimate of drug-likeness (QED) is 0.376. The van der Waals surface area contributed by atoms with Crippen LogP contribution in [0.25, 0.3) is 16.7 Å². The average molecular weight is 498 g/mol. The van der Waals surface area contributed by atoms with E-state index in [1.807, 2.05) is 11.5 Å². The van der Waals surface area contributed by atoms with Crippen molar-refractivity contribution in [2.75, 3.05) is 18.9 Å². The molecule has 0 atom stereocenters. The number of amides is 1. The first-order valence-corrected chi connectivity index (χ1v) is 11.9. The smallest absolute Gasteiger partial charge is 0.341 e. The van der Waals surface area contributed by atoms with Crippen molar-refractivity contribution in [2.45, 2.75) is 44.8 Å². The molecule has 0 radical (unpaired) electrons. The van der Waals surface area contributed by atoms with Crippen LogP contribution in [0.1, 0.15) is 54.7 Å². The number of anilines is 2. The van der Waals surface area contributed by atoms with Crippen molar-refractivity contribution in [2.24, 2.45) is 0 Å². The van der Waals surface area contributed by atoms with E-state index in [4.69, 9.17) is 0 Å². The first-order valence-electron chi connectivity index (χ1n) is 11.9. The van der Waals surface area contributed by atoms with Crippen molar-refractivity contribution >= 4 is 28.6 Å². The van der Waals surface area contributed by atoms with Crippen molar-refractivity contribution in [3.05, 3.63) is 60.4 Å². The fraction of sp³-hybridized carbons (Fsp3) is 0.360. The van der Waals surface area contributed by atoms with Gasteiger partial charge in [-0.1, -0.05) is 12.8 Å². The number of halogens is 3. The van der Waals surface area contributed by atoms with Crippen molar-refractivity contribution in [3.63, 3.8) is 0 Å². The summed E-state index contributed by atoms with van der Waals surface area (Å²) in [5.41, 5.74) is 0.829. The van der Waals surface area contributed by atoms with Crippen LogP contribution in [0, 0.1) is 0 Å². The summed E-state index contributed by atoms with van der Waals surface area (Å²) >= 11 is 0. The van der Waals surface area contributed by atoms with Gasteiger partial charge in [-0.05, 0) is 44.0 Å². The molecule has 0 bridgehead atoms. The van der Waals surface area contributed by atoms with Crippen molar-refractivity contribution in [1.82, 2.24) is 29.0 Å². The molecule has 1 aliphatic rings. The van der Waals surface area contributed by atoms with Crippen LogP contribution >= 0.6 is 0 Å². The zero-order valence-electron chi connectivity index (χ0n) is 20.0. The fourth-order valence-electron chi connectivity index (χ4n) is 4.64. The highest BCUT2D eigenvalue weighted by Gasteiger charge is 2.32. The van der Waals surface area contributed by atoms with Gasteiger partial charge in [0.15, 0.2) is 0 Å². The Morgan fingerprint density at radius 3 is 2.64 bits per heavy atom. The predicted molar refractivity (Wildman–Crippen MR) is 130 cm³/mol. The van der Waals surface area contributed by atoms with Gasteiger partial charge in [-0.2, -0.15) is 18.2 Å². The molecule has 4 aromatic rings. The SMILES string of the molecule is CCN(C)C(=O)c1cc2cnc(Nc3cc(-n4ccnc4)cc(C(F)(F)F)c3)nc2n1C1CCCC1. The number of carbonyl (C=O) groups is 1. The van der Waals surface area contributed by atoms with Crippen LogP contribution in [0.5, 0.6) is 0 Å². The largest absolute Gasteiger partial charge is 0.416 e. The van der Waals surface area contributed by atoms with Gasteiger partial charge in [-0.15, -0.1) is 0 Å². The molecule has 11 heteroatoms. The van der Waals surface area contributed by atoms with Crippen LogP contribution in [-0.2, 0) is 6.18 Å². The van der Waals surface area contributed by atoms with Crippen molar-refractivity contribution in [3.8, 4) is 5.69 Å². The Labute approximate surface area is 205 Å². The van der Waals surface area contributed by atoms with E-state index in [0.717, 1.165) is 37.8 Å². The van der Waals surface area contributed by atoms with E-state index in [0.29, 0.717) is 29.0 Å². The summed E-state index contributed by atoms with van der Waals surface area (Å²) in [6.07, 6.45) is 5.58. The lowest BCUT2D eigenvalue weighted by atomic mass is 10.1. The van der Waals surface area contributed by atoms with Crippen molar-refractivity contribution in [1.29, 1.82) is 0 Å². The summed E-state index contributed by atoms with van der Waals surface area (Å²) in [6, 6.07) is 5.59. The lowest BCUT2D eigenvalue weighted by molar-refractivity contribution is -0.137. The Morgan fingerprint density at radius 2 is 1.97 bits per heavy atom. The van der Waals surface area contributed by atoms with Gasteiger partial charge in [-0.25, -0.2) is 9.97 Å². The molecule has 1 fully saturated rings. The molecule has 8 nitrogen and oxygen atoms in total. The fourth-order valence-corrected chi connectivity index (χ4v) is 4.64. The third-order valence-electron chi connectivity index (χ3n) is 6.61. The number of hydrogen-bond acceptors (Lipinski definition) is 5. The molecule has 36 heavy (non-hydrogen) atoms. The standard InChI is InChI=1S/C25H26F3N7O/c1-3-33(2)23(36)21-10-16-14-30-24(32-22(16)35(21)19-6-4-5-7-19)31-18-11-17(25(26,27)28)12-20(13-18)34-9-8-29-15-34/h8-15,19H,3-7H2,1-2H3,(H,30,31,32). The van der Waals surface area contributed by atoms with Gasteiger partial charge < -0.3 is 19.4 Å². The van der Waals surface area contributed by atoms with E-state index in [9.17, 15) is 18.0 Å². The van der Waals surface area contributed by atoms with E-state index in [2.05, 4.69) is 20.3 Å². The third-order valence-corrected chi connectivity index (χ3v) is 6.61. The van der Waals surface area contributed by atoms with E-state index in [1.54, 1.807) is 36.5 Å². The molecule has 1 aromatic carbocycles. The van der Waals surface area contributed by atoms with Crippen LogP contribution in [0.2, 0.25) is 0 Å². The lowest BCUT2D eigenvalue weighted by Gasteiger charge is -2.20. The van der Waals surface area contributed by atoms with Gasteiger partial charge >= 0.3 is 6.18 Å². The maximum Gasteiger partial charge on any atom is 0.416 e. The summed E-state index contributed by atoms with van der Waals surface area (Å²) in [5.74, 6) is 0.0540. The van der Waals surface area contributed by atoms with Gasteiger partial charge in [0, 0.05) is 55.0 Å². The number of nitrogens with zero attached hydrogens (tertiary/aromatic N) is 6. The first kappa shape index (κ1) is 23.8. The molecule has 3 heterocycles. The average Bonchev–Trinajstić information content (AvgIpc) is 3.63. The summed E-state index contributed by atoms with van der Waals surface area (Å²) in [7, 11) is 1.75. The third kappa shape index (κ3) is 4.52. The Kier molecular flexibility index (Phi) is 6.15. The normalized spacial score (nSPS) is 14.5. The molecule has 5 rings (SSSR count). The minimum Gasteiger partial charge on any atom is -0.341 e. The summed E-state index contributed by atoms with van der Waals surface area (Å²) in [5, 5.41) is 3.65. The van der Waals surface area contributed by atoms with Crippen molar-refractivity contribution < 1.29 is 18.0 Å². The Morgan fingerprint density at radius 1 is 1.19 bits per heavy atom. The Balaban J connectivity index is 1.57. The van der Waals surface area contributed by atoms with Crippen LogP contribution < -0.4 is 5.32 Å². The Hall–Kier alpha value is -3.89. The molecule has 1 amide bonds. The minimum absolute atomic E-state index is 0.0974. The van der Waals surface area contributed by atoms with Crippen LogP contribution in [-0.4, -0.2) is 48.5 Å². The highest BCUT2D eigenvalue weighted by molar-refractivity contribution is 5.98. The van der Waals surface area contributed by atoms with Crippen LogP contribution in [0.3, 0.4) is 0 Å². The number of alkyl halides is 3. The summed E-state index contributed by atoms with van der Waals surface area (Å²) in [4.78, 5) is 27.7. The zero-order chi connectivity index (χ0) is 25.4. The second-order valence-corrected chi connectivity index (χ2v) is 8.99.